The standard InChI is InChI=1S/C19H23N3O5/c1-19(2)26-15-13(11-20-10-12-6-4-3-5-7-12)25-17(16(15)27-19)22-9-8-14(23)21-18(22)24/h3-9,13,15-17,20H,10-11H2,1-2H3,(H,21,23,24)/t13-,15-,16-,17-/m1/s1. The summed E-state index contributed by atoms with van der Waals surface area (Å²) in [4.78, 5) is 25.8. The molecule has 2 aliphatic rings. The van der Waals surface area contributed by atoms with Gasteiger partial charge in [-0.2, -0.15) is 0 Å². The van der Waals surface area contributed by atoms with Crippen LogP contribution in [0.2, 0.25) is 0 Å². The minimum atomic E-state index is -0.763. The van der Waals surface area contributed by atoms with Crippen LogP contribution in [0.1, 0.15) is 25.6 Å². The second kappa shape index (κ2) is 7.05. The Morgan fingerprint density at radius 3 is 2.59 bits per heavy atom. The van der Waals surface area contributed by atoms with Crippen molar-refractivity contribution < 1.29 is 14.2 Å². The molecule has 0 unspecified atom stereocenters. The van der Waals surface area contributed by atoms with Crippen LogP contribution >= 0.6 is 0 Å². The number of hydrogen-bond acceptors (Lipinski definition) is 6. The summed E-state index contributed by atoms with van der Waals surface area (Å²) in [5.41, 5.74) is 0.192. The summed E-state index contributed by atoms with van der Waals surface area (Å²) < 4.78 is 19.5. The molecule has 0 amide bonds. The van der Waals surface area contributed by atoms with Crippen molar-refractivity contribution in [3.63, 3.8) is 0 Å². The first kappa shape index (κ1) is 18.1. The van der Waals surface area contributed by atoms with Gasteiger partial charge in [0.25, 0.3) is 5.56 Å². The Bertz CT molecular complexity index is 907. The Morgan fingerprint density at radius 1 is 1.11 bits per heavy atom. The largest absolute Gasteiger partial charge is 0.348 e. The van der Waals surface area contributed by atoms with Gasteiger partial charge < -0.3 is 19.5 Å². The van der Waals surface area contributed by atoms with Crippen molar-refractivity contribution in [2.45, 2.75) is 50.7 Å². The molecule has 144 valence electrons. The Morgan fingerprint density at radius 2 is 1.85 bits per heavy atom. The van der Waals surface area contributed by atoms with Gasteiger partial charge in [-0.1, -0.05) is 30.3 Å². The highest BCUT2D eigenvalue weighted by molar-refractivity contribution is 5.14. The summed E-state index contributed by atoms with van der Waals surface area (Å²) in [6.07, 6.45) is -0.273. The van der Waals surface area contributed by atoms with Gasteiger partial charge in [0.15, 0.2) is 12.0 Å². The number of H-pyrrole nitrogens is 1. The van der Waals surface area contributed by atoms with E-state index in [1.165, 1.54) is 22.4 Å². The second-order valence-electron chi connectivity index (χ2n) is 7.26. The van der Waals surface area contributed by atoms with E-state index in [1.54, 1.807) is 0 Å². The predicted molar refractivity (Wildman–Crippen MR) is 97.2 cm³/mol. The van der Waals surface area contributed by atoms with Crippen LogP contribution in [0.3, 0.4) is 0 Å². The van der Waals surface area contributed by atoms with Crippen molar-refractivity contribution in [1.29, 1.82) is 0 Å². The molecule has 8 heteroatoms. The predicted octanol–water partition coefficient (Wildman–Crippen LogP) is 0.744. The highest BCUT2D eigenvalue weighted by Crippen LogP contribution is 2.42. The minimum Gasteiger partial charge on any atom is -0.348 e. The van der Waals surface area contributed by atoms with Crippen LogP contribution in [0.15, 0.2) is 52.2 Å². The molecule has 27 heavy (non-hydrogen) atoms. The molecule has 1 aromatic carbocycles. The molecule has 2 fully saturated rings. The van der Waals surface area contributed by atoms with Crippen molar-refractivity contribution in [3.8, 4) is 0 Å². The van der Waals surface area contributed by atoms with Crippen LogP contribution in [0.4, 0.5) is 0 Å². The third-order valence-corrected chi connectivity index (χ3v) is 4.77. The van der Waals surface area contributed by atoms with Crippen LogP contribution in [0, 0.1) is 0 Å². The number of ether oxygens (including phenoxy) is 3. The Kier molecular flexibility index (Phi) is 4.73. The summed E-state index contributed by atoms with van der Waals surface area (Å²) in [5, 5.41) is 3.37. The van der Waals surface area contributed by atoms with Crippen LogP contribution < -0.4 is 16.6 Å². The summed E-state index contributed by atoms with van der Waals surface area (Å²) in [7, 11) is 0. The molecule has 0 spiro atoms. The van der Waals surface area contributed by atoms with Crippen LogP contribution in [0.5, 0.6) is 0 Å². The third-order valence-electron chi connectivity index (χ3n) is 4.77. The van der Waals surface area contributed by atoms with E-state index in [0.717, 1.165) is 0 Å². The maximum Gasteiger partial charge on any atom is 0.330 e. The van der Waals surface area contributed by atoms with E-state index in [1.807, 2.05) is 44.2 Å². The number of aromatic amines is 1. The first-order chi connectivity index (χ1) is 12.9. The fourth-order valence-corrected chi connectivity index (χ4v) is 3.63. The zero-order valence-corrected chi connectivity index (χ0v) is 15.3. The number of nitrogens with one attached hydrogen (secondary N) is 2. The lowest BCUT2D eigenvalue weighted by molar-refractivity contribution is -0.196. The minimum absolute atomic E-state index is 0.288. The smallest absolute Gasteiger partial charge is 0.330 e. The normalized spacial score (nSPS) is 29.0. The zero-order chi connectivity index (χ0) is 19.0. The average molecular weight is 373 g/mol. The molecule has 0 bridgehead atoms. The maximum atomic E-state index is 12.2. The monoisotopic (exact) mass is 373 g/mol. The van der Waals surface area contributed by atoms with E-state index in [4.69, 9.17) is 14.2 Å². The Hall–Kier alpha value is -2.26. The maximum absolute atomic E-state index is 12.2. The number of nitrogens with zero attached hydrogens (tertiary/aromatic N) is 1. The molecule has 0 radical (unpaired) electrons. The molecule has 8 nitrogen and oxygen atoms in total. The molecule has 4 atom stereocenters. The van der Waals surface area contributed by atoms with Gasteiger partial charge in [0, 0.05) is 25.4 Å². The zero-order valence-electron chi connectivity index (χ0n) is 15.3. The Labute approximate surface area is 156 Å². The molecular formula is C19H23N3O5. The van der Waals surface area contributed by atoms with Gasteiger partial charge in [-0.15, -0.1) is 0 Å². The second-order valence-corrected chi connectivity index (χ2v) is 7.26. The third kappa shape index (κ3) is 3.74. The van der Waals surface area contributed by atoms with E-state index in [0.29, 0.717) is 13.1 Å². The summed E-state index contributed by atoms with van der Waals surface area (Å²) in [6.45, 7) is 4.93. The topological polar surface area (TPSA) is 94.6 Å². The van der Waals surface area contributed by atoms with Gasteiger partial charge in [-0.25, -0.2) is 4.79 Å². The van der Waals surface area contributed by atoms with Crippen LogP contribution in [0.25, 0.3) is 0 Å². The lowest BCUT2D eigenvalue weighted by Crippen LogP contribution is -2.37. The average Bonchev–Trinajstić information content (AvgIpc) is 3.10. The van der Waals surface area contributed by atoms with Gasteiger partial charge >= 0.3 is 5.69 Å². The fourth-order valence-electron chi connectivity index (χ4n) is 3.63. The number of aromatic nitrogens is 2. The molecule has 2 aliphatic heterocycles. The summed E-state index contributed by atoms with van der Waals surface area (Å²) in [6, 6.07) is 11.4. The molecular weight excluding hydrogens is 350 g/mol. The van der Waals surface area contributed by atoms with Crippen molar-refractivity contribution in [1.82, 2.24) is 14.9 Å². The molecule has 2 N–H and O–H groups in total. The summed E-state index contributed by atoms with van der Waals surface area (Å²) in [5.74, 6) is -0.763. The van der Waals surface area contributed by atoms with Crippen molar-refractivity contribution >= 4 is 0 Å². The number of fused-ring (bicyclic) bond motifs is 1. The number of benzene rings is 1. The highest BCUT2D eigenvalue weighted by Gasteiger charge is 2.55. The van der Waals surface area contributed by atoms with E-state index < -0.39 is 29.4 Å². The molecule has 2 aromatic rings. The fraction of sp³-hybridized carbons (Fsp3) is 0.474. The van der Waals surface area contributed by atoms with Gasteiger partial charge in [0.05, 0.1) is 0 Å². The lowest BCUT2D eigenvalue weighted by Gasteiger charge is -2.25. The van der Waals surface area contributed by atoms with Crippen LogP contribution in [-0.4, -0.2) is 40.2 Å². The SMILES string of the molecule is CC1(C)O[C@@H]2[C@H](O1)[C@@H](CNCc1ccccc1)O[C@H]2n1ccc(=O)[nH]c1=O. The van der Waals surface area contributed by atoms with Gasteiger partial charge in [0.2, 0.25) is 0 Å². The molecule has 0 saturated carbocycles. The van der Waals surface area contributed by atoms with Gasteiger partial charge in [0.1, 0.15) is 18.3 Å². The van der Waals surface area contributed by atoms with E-state index >= 15 is 0 Å². The van der Waals surface area contributed by atoms with E-state index in [2.05, 4.69) is 10.3 Å². The van der Waals surface area contributed by atoms with Crippen molar-refractivity contribution in [3.05, 3.63) is 69.0 Å². The molecule has 0 aliphatic carbocycles. The van der Waals surface area contributed by atoms with Gasteiger partial charge in [-0.05, 0) is 19.4 Å². The summed E-state index contributed by atoms with van der Waals surface area (Å²) >= 11 is 0. The van der Waals surface area contributed by atoms with E-state index in [-0.39, 0.29) is 12.2 Å². The molecule has 3 heterocycles. The van der Waals surface area contributed by atoms with Crippen molar-refractivity contribution in [2.24, 2.45) is 0 Å². The quantitative estimate of drug-likeness (QED) is 0.803. The Balaban J connectivity index is 1.51. The first-order valence-electron chi connectivity index (χ1n) is 9.00. The molecule has 4 rings (SSSR count). The lowest BCUT2D eigenvalue weighted by atomic mass is 10.1. The number of hydrogen-bond donors (Lipinski definition) is 2. The highest BCUT2D eigenvalue weighted by atomic mass is 16.8. The first-order valence-corrected chi connectivity index (χ1v) is 9.00. The van der Waals surface area contributed by atoms with E-state index in [9.17, 15) is 9.59 Å². The van der Waals surface area contributed by atoms with Gasteiger partial charge in [-0.3, -0.25) is 14.3 Å². The molecule has 1 aromatic heterocycles. The van der Waals surface area contributed by atoms with Crippen LogP contribution in [-0.2, 0) is 20.8 Å². The van der Waals surface area contributed by atoms with Crippen molar-refractivity contribution in [2.75, 3.05) is 6.54 Å². The molecule has 2 saturated heterocycles. The number of rotatable bonds is 5.